The zero-order chi connectivity index (χ0) is 7.84. The topological polar surface area (TPSA) is 41.8 Å². The van der Waals surface area contributed by atoms with Crippen molar-refractivity contribution in [2.75, 3.05) is 0 Å². The molecule has 1 N–H and O–H groups in total. The SMILES string of the molecule is C=C(S)c1nc2occc2[nH]1. The molecule has 0 bridgehead atoms. The lowest BCUT2D eigenvalue weighted by atomic mass is 10.6. The number of H-pyrrole nitrogens is 1. The van der Waals surface area contributed by atoms with Crippen LogP contribution >= 0.6 is 12.6 Å². The Morgan fingerprint density at radius 2 is 2.55 bits per heavy atom. The molecular weight excluding hydrogens is 160 g/mol. The standard InChI is InChI=1S/C7H6N2OS/c1-4(11)6-8-5-2-3-10-7(5)9-6/h2-3,11H,1H2,(H,8,9). The smallest absolute Gasteiger partial charge is 0.244 e. The summed E-state index contributed by atoms with van der Waals surface area (Å²) in [7, 11) is 0. The highest BCUT2D eigenvalue weighted by atomic mass is 32.1. The molecule has 0 fully saturated rings. The number of hydrogen-bond donors (Lipinski definition) is 2. The average molecular weight is 166 g/mol. The number of rotatable bonds is 1. The fourth-order valence-corrected chi connectivity index (χ4v) is 0.983. The minimum atomic E-state index is 0.593. The second kappa shape index (κ2) is 2.17. The zero-order valence-electron chi connectivity index (χ0n) is 5.66. The van der Waals surface area contributed by atoms with Gasteiger partial charge in [-0.05, 0) is 0 Å². The second-order valence-corrected chi connectivity index (χ2v) is 2.71. The summed E-state index contributed by atoms with van der Waals surface area (Å²) in [6.07, 6.45) is 1.58. The molecule has 0 saturated heterocycles. The van der Waals surface area contributed by atoms with Crippen LogP contribution < -0.4 is 0 Å². The summed E-state index contributed by atoms with van der Waals surface area (Å²) in [6.45, 7) is 3.63. The number of fused-ring (bicyclic) bond motifs is 1. The second-order valence-electron chi connectivity index (χ2n) is 2.17. The number of aromatic amines is 1. The fraction of sp³-hybridized carbons (Fsp3) is 0. The Morgan fingerprint density at radius 1 is 1.73 bits per heavy atom. The van der Waals surface area contributed by atoms with Gasteiger partial charge in [0.05, 0.1) is 6.26 Å². The van der Waals surface area contributed by atoms with Crippen LogP contribution in [-0.4, -0.2) is 9.97 Å². The molecule has 2 heterocycles. The van der Waals surface area contributed by atoms with Gasteiger partial charge in [0.1, 0.15) is 11.3 Å². The van der Waals surface area contributed by atoms with Gasteiger partial charge in [-0.3, -0.25) is 0 Å². The molecule has 0 atom stereocenters. The molecule has 3 nitrogen and oxygen atoms in total. The first kappa shape index (κ1) is 6.54. The summed E-state index contributed by atoms with van der Waals surface area (Å²) in [6, 6.07) is 1.81. The van der Waals surface area contributed by atoms with Crippen molar-refractivity contribution in [3.63, 3.8) is 0 Å². The van der Waals surface area contributed by atoms with Crippen LogP contribution in [0.2, 0.25) is 0 Å². The number of aromatic nitrogens is 2. The van der Waals surface area contributed by atoms with Crippen molar-refractivity contribution in [2.24, 2.45) is 0 Å². The van der Waals surface area contributed by atoms with Crippen molar-refractivity contribution in [2.45, 2.75) is 0 Å². The maximum absolute atomic E-state index is 5.03. The lowest BCUT2D eigenvalue weighted by molar-refractivity contribution is 0.604. The highest BCUT2D eigenvalue weighted by Gasteiger charge is 2.04. The van der Waals surface area contributed by atoms with Gasteiger partial charge in [-0.1, -0.05) is 6.58 Å². The Kier molecular flexibility index (Phi) is 1.29. The molecule has 2 rings (SSSR count). The van der Waals surface area contributed by atoms with Crippen molar-refractivity contribution in [3.05, 3.63) is 24.7 Å². The minimum Gasteiger partial charge on any atom is -0.445 e. The molecule has 4 heteroatoms. The van der Waals surface area contributed by atoms with Gasteiger partial charge in [0.2, 0.25) is 5.71 Å². The Morgan fingerprint density at radius 3 is 3.18 bits per heavy atom. The predicted octanol–water partition coefficient (Wildman–Crippen LogP) is 2.06. The van der Waals surface area contributed by atoms with Crippen molar-refractivity contribution >= 4 is 28.8 Å². The number of furan rings is 1. The Hall–Kier alpha value is -1.16. The van der Waals surface area contributed by atoms with E-state index in [2.05, 4.69) is 29.2 Å². The summed E-state index contributed by atoms with van der Waals surface area (Å²) >= 11 is 4.04. The summed E-state index contributed by atoms with van der Waals surface area (Å²) in [4.78, 5) is 7.68. The van der Waals surface area contributed by atoms with Crippen LogP contribution in [0.5, 0.6) is 0 Å². The first-order valence-corrected chi connectivity index (χ1v) is 3.53. The third kappa shape index (κ3) is 0.952. The van der Waals surface area contributed by atoms with Gasteiger partial charge in [-0.25, -0.2) is 0 Å². The van der Waals surface area contributed by atoms with Crippen molar-refractivity contribution in [3.8, 4) is 0 Å². The van der Waals surface area contributed by atoms with Gasteiger partial charge in [-0.2, -0.15) is 4.98 Å². The zero-order valence-corrected chi connectivity index (χ0v) is 6.56. The molecule has 0 aliphatic carbocycles. The van der Waals surface area contributed by atoms with Crippen LogP contribution in [0.1, 0.15) is 5.82 Å². The highest BCUT2D eigenvalue weighted by molar-refractivity contribution is 7.90. The van der Waals surface area contributed by atoms with E-state index in [0.29, 0.717) is 16.4 Å². The monoisotopic (exact) mass is 166 g/mol. The molecule has 2 aromatic heterocycles. The molecule has 0 aromatic carbocycles. The molecule has 0 aliphatic heterocycles. The molecular formula is C7H6N2OS. The van der Waals surface area contributed by atoms with E-state index < -0.39 is 0 Å². The van der Waals surface area contributed by atoms with Crippen LogP contribution in [0, 0.1) is 0 Å². The minimum absolute atomic E-state index is 0.593. The van der Waals surface area contributed by atoms with Crippen molar-refractivity contribution in [1.82, 2.24) is 9.97 Å². The van der Waals surface area contributed by atoms with E-state index in [1.54, 1.807) is 6.26 Å². The first-order chi connectivity index (χ1) is 5.27. The lowest BCUT2D eigenvalue weighted by Crippen LogP contribution is -1.76. The molecule has 0 spiro atoms. The van der Waals surface area contributed by atoms with E-state index in [9.17, 15) is 0 Å². The summed E-state index contributed by atoms with van der Waals surface area (Å²) < 4.78 is 5.03. The maximum Gasteiger partial charge on any atom is 0.244 e. The highest BCUT2D eigenvalue weighted by Crippen LogP contribution is 2.17. The van der Waals surface area contributed by atoms with Crippen molar-refractivity contribution < 1.29 is 4.42 Å². The summed E-state index contributed by atoms with van der Waals surface area (Å²) in [5, 5.41) is 0. The lowest BCUT2D eigenvalue weighted by Gasteiger charge is -1.86. The number of nitrogens with one attached hydrogen (secondary N) is 1. The average Bonchev–Trinajstić information content (AvgIpc) is 2.40. The van der Waals surface area contributed by atoms with Gasteiger partial charge in [0.25, 0.3) is 0 Å². The Labute approximate surface area is 68.5 Å². The molecule has 0 radical (unpaired) electrons. The van der Waals surface area contributed by atoms with Crippen LogP contribution in [0.15, 0.2) is 23.3 Å². The Balaban J connectivity index is 2.67. The third-order valence-corrected chi connectivity index (χ3v) is 1.60. The van der Waals surface area contributed by atoms with E-state index in [1.807, 2.05) is 6.07 Å². The van der Waals surface area contributed by atoms with Crippen molar-refractivity contribution in [1.29, 1.82) is 0 Å². The maximum atomic E-state index is 5.03. The van der Waals surface area contributed by atoms with Gasteiger partial charge >= 0.3 is 0 Å². The molecule has 0 saturated carbocycles. The third-order valence-electron chi connectivity index (χ3n) is 1.38. The largest absolute Gasteiger partial charge is 0.445 e. The molecule has 56 valence electrons. The quantitative estimate of drug-likeness (QED) is 0.637. The van der Waals surface area contributed by atoms with Crippen LogP contribution in [0.4, 0.5) is 0 Å². The molecule has 2 aromatic rings. The molecule has 11 heavy (non-hydrogen) atoms. The molecule has 0 unspecified atom stereocenters. The number of thiol groups is 1. The summed E-state index contributed by atoms with van der Waals surface area (Å²) in [5.41, 5.74) is 1.46. The molecule has 0 amide bonds. The van der Waals surface area contributed by atoms with E-state index in [1.165, 1.54) is 0 Å². The van der Waals surface area contributed by atoms with E-state index in [0.717, 1.165) is 5.52 Å². The first-order valence-electron chi connectivity index (χ1n) is 3.09. The van der Waals surface area contributed by atoms with Gasteiger partial charge in [0.15, 0.2) is 0 Å². The van der Waals surface area contributed by atoms with Crippen LogP contribution in [-0.2, 0) is 0 Å². The van der Waals surface area contributed by atoms with Gasteiger partial charge in [0, 0.05) is 11.0 Å². The summed E-state index contributed by atoms with van der Waals surface area (Å²) in [5.74, 6) is 0.655. The number of hydrogen-bond acceptors (Lipinski definition) is 3. The molecule has 0 aliphatic rings. The normalized spacial score (nSPS) is 10.6. The van der Waals surface area contributed by atoms with E-state index >= 15 is 0 Å². The van der Waals surface area contributed by atoms with Gasteiger partial charge < -0.3 is 9.40 Å². The van der Waals surface area contributed by atoms with E-state index in [4.69, 9.17) is 4.42 Å². The fourth-order valence-electron chi connectivity index (χ4n) is 0.877. The predicted molar refractivity (Wildman–Crippen MR) is 46.4 cm³/mol. The van der Waals surface area contributed by atoms with Crippen LogP contribution in [0.25, 0.3) is 16.1 Å². The van der Waals surface area contributed by atoms with E-state index in [-0.39, 0.29) is 0 Å². The number of imidazole rings is 1. The van der Waals surface area contributed by atoms with Gasteiger partial charge in [-0.15, -0.1) is 12.6 Å². The number of nitrogens with zero attached hydrogens (tertiary/aromatic N) is 1. The van der Waals surface area contributed by atoms with Crippen LogP contribution in [0.3, 0.4) is 0 Å². The Bertz CT molecular complexity index is 373.